The molecule has 0 saturated heterocycles. The van der Waals surface area contributed by atoms with Crippen LogP contribution in [0.5, 0.6) is 0 Å². The van der Waals surface area contributed by atoms with Gasteiger partial charge in [-0.2, -0.15) is 0 Å². The van der Waals surface area contributed by atoms with E-state index in [1.807, 2.05) is 4.90 Å². The van der Waals surface area contributed by atoms with Crippen molar-refractivity contribution in [3.8, 4) is 0 Å². The van der Waals surface area contributed by atoms with Crippen molar-refractivity contribution >= 4 is 41.6 Å². The summed E-state index contributed by atoms with van der Waals surface area (Å²) in [7, 11) is 1.52. The van der Waals surface area contributed by atoms with Crippen molar-refractivity contribution in [3.05, 3.63) is 28.2 Å². The predicted molar refractivity (Wildman–Crippen MR) is 86.1 cm³/mol. The Bertz CT molecular complexity index is 644. The van der Waals surface area contributed by atoms with Gasteiger partial charge in [0.2, 0.25) is 0 Å². The molecule has 0 bridgehead atoms. The largest absolute Gasteiger partial charge is 0.336 e. The summed E-state index contributed by atoms with van der Waals surface area (Å²) in [6.45, 7) is 2.77. The molecule has 7 heteroatoms. The summed E-state index contributed by atoms with van der Waals surface area (Å²) < 4.78 is 23.4. The zero-order valence-corrected chi connectivity index (χ0v) is 14.8. The van der Waals surface area contributed by atoms with Gasteiger partial charge in [-0.25, -0.2) is 8.42 Å². The smallest absolute Gasteiger partial charge is 0.261 e. The van der Waals surface area contributed by atoms with E-state index >= 15 is 0 Å². The van der Waals surface area contributed by atoms with Crippen LogP contribution in [0, 0.1) is 0 Å². The summed E-state index contributed by atoms with van der Waals surface area (Å²) in [5, 5.41) is 0. The van der Waals surface area contributed by atoms with Gasteiger partial charge in [0.1, 0.15) is 0 Å². The Labute approximate surface area is 138 Å². The SMILES string of the molecule is CCCCN(C(=O)c1cc(S(=O)(=O)Cl)ccc1Br)C1CC1. The first-order valence-electron chi connectivity index (χ1n) is 6.89. The van der Waals surface area contributed by atoms with Crippen LogP contribution in [0.25, 0.3) is 0 Å². The van der Waals surface area contributed by atoms with E-state index in [4.69, 9.17) is 10.7 Å². The Balaban J connectivity index is 2.32. The lowest BCUT2D eigenvalue weighted by Gasteiger charge is -2.23. The van der Waals surface area contributed by atoms with Gasteiger partial charge < -0.3 is 4.90 Å². The van der Waals surface area contributed by atoms with Crippen LogP contribution in [-0.4, -0.2) is 31.8 Å². The lowest BCUT2D eigenvalue weighted by molar-refractivity contribution is 0.0739. The number of carbonyl (C=O) groups excluding carboxylic acids is 1. The maximum Gasteiger partial charge on any atom is 0.261 e. The van der Waals surface area contributed by atoms with E-state index in [-0.39, 0.29) is 16.8 Å². The topological polar surface area (TPSA) is 54.5 Å². The van der Waals surface area contributed by atoms with Crippen molar-refractivity contribution in [2.75, 3.05) is 6.54 Å². The van der Waals surface area contributed by atoms with Gasteiger partial charge in [0.05, 0.1) is 10.5 Å². The van der Waals surface area contributed by atoms with E-state index in [2.05, 4.69) is 22.9 Å². The molecular weight excluding hydrogens is 378 g/mol. The van der Waals surface area contributed by atoms with Gasteiger partial charge in [0.15, 0.2) is 0 Å². The van der Waals surface area contributed by atoms with Gasteiger partial charge in [-0.15, -0.1) is 0 Å². The van der Waals surface area contributed by atoms with Gasteiger partial charge in [0, 0.05) is 27.7 Å². The molecule has 21 heavy (non-hydrogen) atoms. The van der Waals surface area contributed by atoms with Gasteiger partial charge in [0.25, 0.3) is 15.0 Å². The van der Waals surface area contributed by atoms with Gasteiger partial charge in [-0.05, 0) is 53.4 Å². The number of amides is 1. The first-order chi connectivity index (χ1) is 9.84. The molecule has 0 aromatic heterocycles. The Kier molecular flexibility index (Phi) is 5.33. The molecule has 1 aromatic carbocycles. The molecule has 0 radical (unpaired) electrons. The Morgan fingerprint density at radius 1 is 1.43 bits per heavy atom. The first kappa shape index (κ1) is 16.8. The third-order valence-electron chi connectivity index (χ3n) is 3.45. The van der Waals surface area contributed by atoms with E-state index in [1.54, 1.807) is 6.07 Å². The van der Waals surface area contributed by atoms with Crippen LogP contribution in [0.4, 0.5) is 0 Å². The molecule has 0 aliphatic heterocycles. The quantitative estimate of drug-likeness (QED) is 0.690. The molecule has 2 rings (SSSR count). The summed E-state index contributed by atoms with van der Waals surface area (Å²) in [6.07, 6.45) is 3.97. The highest BCUT2D eigenvalue weighted by Crippen LogP contribution is 2.31. The third kappa shape index (κ3) is 4.20. The van der Waals surface area contributed by atoms with Crippen molar-refractivity contribution in [1.82, 2.24) is 4.90 Å². The minimum Gasteiger partial charge on any atom is -0.336 e. The second-order valence-corrected chi connectivity index (χ2v) is 8.58. The van der Waals surface area contributed by atoms with E-state index in [1.165, 1.54) is 12.1 Å². The number of carbonyl (C=O) groups is 1. The lowest BCUT2D eigenvalue weighted by Crippen LogP contribution is -2.34. The molecule has 1 fully saturated rings. The number of benzene rings is 1. The Hall–Kier alpha value is -0.590. The zero-order chi connectivity index (χ0) is 15.6. The second-order valence-electron chi connectivity index (χ2n) is 5.16. The van der Waals surface area contributed by atoms with Crippen LogP contribution in [-0.2, 0) is 9.05 Å². The molecule has 0 heterocycles. The highest BCUT2D eigenvalue weighted by atomic mass is 79.9. The van der Waals surface area contributed by atoms with Crippen LogP contribution in [0.15, 0.2) is 27.6 Å². The number of hydrogen-bond acceptors (Lipinski definition) is 3. The minimum absolute atomic E-state index is 0.0537. The number of nitrogens with zero attached hydrogens (tertiary/aromatic N) is 1. The summed E-state index contributed by atoms with van der Waals surface area (Å²) in [5.74, 6) is -0.139. The summed E-state index contributed by atoms with van der Waals surface area (Å²) in [5.41, 5.74) is 0.347. The zero-order valence-electron chi connectivity index (χ0n) is 11.7. The van der Waals surface area contributed by atoms with Crippen LogP contribution in [0.3, 0.4) is 0 Å². The number of hydrogen-bond donors (Lipinski definition) is 0. The van der Waals surface area contributed by atoms with Crippen LogP contribution >= 0.6 is 26.6 Å². The van der Waals surface area contributed by atoms with E-state index in [9.17, 15) is 13.2 Å². The average molecular weight is 395 g/mol. The van der Waals surface area contributed by atoms with Crippen molar-refractivity contribution < 1.29 is 13.2 Å². The average Bonchev–Trinajstić information content (AvgIpc) is 3.22. The molecule has 0 N–H and O–H groups in total. The highest BCUT2D eigenvalue weighted by Gasteiger charge is 2.33. The molecule has 0 spiro atoms. The molecule has 116 valence electrons. The predicted octanol–water partition coefficient (Wildman–Crippen LogP) is 3.78. The van der Waals surface area contributed by atoms with Crippen molar-refractivity contribution in [3.63, 3.8) is 0 Å². The van der Waals surface area contributed by atoms with Crippen molar-refractivity contribution in [2.45, 2.75) is 43.5 Å². The number of rotatable bonds is 6. The minimum atomic E-state index is -3.84. The summed E-state index contributed by atoms with van der Waals surface area (Å²) >= 11 is 3.32. The number of unbranched alkanes of at least 4 members (excludes halogenated alkanes) is 1. The second kappa shape index (κ2) is 6.67. The van der Waals surface area contributed by atoms with Crippen LogP contribution < -0.4 is 0 Å². The fourth-order valence-electron chi connectivity index (χ4n) is 2.14. The van der Waals surface area contributed by atoms with E-state index in [0.29, 0.717) is 16.6 Å². The fourth-order valence-corrected chi connectivity index (χ4v) is 3.33. The molecule has 4 nitrogen and oxygen atoms in total. The Morgan fingerprint density at radius 3 is 2.62 bits per heavy atom. The van der Waals surface area contributed by atoms with Crippen LogP contribution in [0.1, 0.15) is 43.0 Å². The highest BCUT2D eigenvalue weighted by molar-refractivity contribution is 9.10. The maximum atomic E-state index is 12.7. The molecule has 1 aliphatic rings. The van der Waals surface area contributed by atoms with Crippen LogP contribution in [0.2, 0.25) is 0 Å². The molecule has 1 saturated carbocycles. The standard InChI is InChI=1S/C14H17BrClNO3S/c1-2-3-8-17(10-4-5-10)14(18)12-9-11(21(16,19)20)6-7-13(12)15/h6-7,9-10H,2-5,8H2,1H3. The van der Waals surface area contributed by atoms with Gasteiger partial charge >= 0.3 is 0 Å². The molecular formula is C14H17BrClNO3S. The van der Waals surface area contributed by atoms with Crippen molar-refractivity contribution in [1.29, 1.82) is 0 Å². The molecule has 1 amide bonds. The molecule has 1 aromatic rings. The van der Waals surface area contributed by atoms with Gasteiger partial charge in [-0.3, -0.25) is 4.79 Å². The van der Waals surface area contributed by atoms with E-state index < -0.39 is 9.05 Å². The Morgan fingerprint density at radius 2 is 2.10 bits per heavy atom. The molecule has 1 aliphatic carbocycles. The first-order valence-corrected chi connectivity index (χ1v) is 10.00. The fraction of sp³-hybridized carbons (Fsp3) is 0.500. The van der Waals surface area contributed by atoms with Gasteiger partial charge in [-0.1, -0.05) is 13.3 Å². The van der Waals surface area contributed by atoms with Crippen molar-refractivity contribution in [2.24, 2.45) is 0 Å². The normalized spacial score (nSPS) is 15.0. The molecule has 0 atom stereocenters. The maximum absolute atomic E-state index is 12.7. The number of halogens is 2. The lowest BCUT2D eigenvalue weighted by atomic mass is 10.2. The van der Waals surface area contributed by atoms with E-state index in [0.717, 1.165) is 25.7 Å². The molecule has 0 unspecified atom stereocenters. The monoisotopic (exact) mass is 393 g/mol. The summed E-state index contributed by atoms with van der Waals surface area (Å²) in [6, 6.07) is 4.56. The third-order valence-corrected chi connectivity index (χ3v) is 5.49. The summed E-state index contributed by atoms with van der Waals surface area (Å²) in [4.78, 5) is 14.5.